The highest BCUT2D eigenvalue weighted by Gasteiger charge is 2.33. The van der Waals surface area contributed by atoms with E-state index in [1.165, 1.54) is 4.90 Å². The maximum atomic E-state index is 14.0. The molecule has 7 nitrogen and oxygen atoms in total. The number of rotatable bonds is 12. The second-order valence-electron chi connectivity index (χ2n) is 10.2. The summed E-state index contributed by atoms with van der Waals surface area (Å²) in [6, 6.07) is 18.3. The summed E-state index contributed by atoms with van der Waals surface area (Å²) in [6.45, 7) is 5.52. The van der Waals surface area contributed by atoms with Crippen molar-refractivity contribution in [1.82, 2.24) is 10.2 Å². The first-order valence-corrected chi connectivity index (χ1v) is 14.8. The number of halogens is 2. The Bertz CT molecular complexity index is 1430. The number of benzene rings is 3. The number of hydrogen-bond donors (Lipinski definition) is 1. The fourth-order valence-corrected chi connectivity index (χ4v) is 5.08. The number of aryl methyl sites for hydroxylation is 1. The number of nitrogens with zero attached hydrogens (tertiary/aromatic N) is 2. The Morgan fingerprint density at radius 1 is 0.900 bits per heavy atom. The Hall–Kier alpha value is -3.79. The number of hydrogen-bond acceptors (Lipinski definition) is 4. The molecule has 0 aliphatic heterocycles. The van der Waals surface area contributed by atoms with Gasteiger partial charge in [0.15, 0.2) is 11.6 Å². The van der Waals surface area contributed by atoms with E-state index in [0.717, 1.165) is 41.1 Å². The number of carbonyl (C=O) groups is 2. The van der Waals surface area contributed by atoms with Gasteiger partial charge in [-0.15, -0.1) is 0 Å². The Morgan fingerprint density at radius 3 is 2.17 bits per heavy atom. The van der Waals surface area contributed by atoms with Gasteiger partial charge >= 0.3 is 0 Å². The molecule has 2 amide bonds. The highest BCUT2D eigenvalue weighted by molar-refractivity contribution is 7.92. The van der Waals surface area contributed by atoms with Gasteiger partial charge in [-0.25, -0.2) is 17.2 Å². The monoisotopic (exact) mass is 571 g/mol. The predicted molar refractivity (Wildman–Crippen MR) is 152 cm³/mol. The van der Waals surface area contributed by atoms with Crippen LogP contribution in [-0.2, 0) is 32.6 Å². The minimum absolute atomic E-state index is 0.0303. The fourth-order valence-electron chi connectivity index (χ4n) is 4.24. The maximum absolute atomic E-state index is 14.0. The molecule has 0 heterocycles. The summed E-state index contributed by atoms with van der Waals surface area (Å²) in [5.41, 5.74) is 2.32. The van der Waals surface area contributed by atoms with Crippen molar-refractivity contribution in [2.24, 2.45) is 5.92 Å². The van der Waals surface area contributed by atoms with Gasteiger partial charge in [0.05, 0.1) is 11.9 Å². The van der Waals surface area contributed by atoms with Crippen LogP contribution in [0.5, 0.6) is 0 Å². The molecule has 40 heavy (non-hydrogen) atoms. The van der Waals surface area contributed by atoms with Crippen molar-refractivity contribution in [3.05, 3.63) is 101 Å². The van der Waals surface area contributed by atoms with Crippen LogP contribution in [0, 0.1) is 24.5 Å². The molecular weight excluding hydrogens is 536 g/mol. The molecule has 0 fully saturated rings. The van der Waals surface area contributed by atoms with Crippen LogP contribution in [0.2, 0.25) is 0 Å². The second kappa shape index (κ2) is 13.5. The zero-order valence-corrected chi connectivity index (χ0v) is 23.9. The van der Waals surface area contributed by atoms with E-state index in [9.17, 15) is 26.8 Å². The van der Waals surface area contributed by atoms with E-state index in [1.54, 1.807) is 0 Å². The van der Waals surface area contributed by atoms with Gasteiger partial charge in [-0.2, -0.15) is 0 Å². The lowest BCUT2D eigenvalue weighted by atomic mass is 10.0. The molecule has 0 aromatic heterocycles. The summed E-state index contributed by atoms with van der Waals surface area (Å²) < 4.78 is 53.8. The average Bonchev–Trinajstić information content (AvgIpc) is 2.89. The molecule has 0 saturated heterocycles. The predicted octanol–water partition coefficient (Wildman–Crippen LogP) is 4.45. The molecule has 0 radical (unpaired) electrons. The van der Waals surface area contributed by atoms with Crippen LogP contribution in [0.15, 0.2) is 72.8 Å². The third-order valence-electron chi connectivity index (χ3n) is 6.26. The Kier molecular flexibility index (Phi) is 10.4. The van der Waals surface area contributed by atoms with Crippen LogP contribution in [0.25, 0.3) is 0 Å². The van der Waals surface area contributed by atoms with Crippen LogP contribution in [0.1, 0.15) is 30.5 Å². The first-order chi connectivity index (χ1) is 18.8. The van der Waals surface area contributed by atoms with Crippen LogP contribution in [-0.4, -0.2) is 50.5 Å². The van der Waals surface area contributed by atoms with Gasteiger partial charge in [0.2, 0.25) is 21.8 Å². The highest BCUT2D eigenvalue weighted by Crippen LogP contribution is 2.22. The van der Waals surface area contributed by atoms with Gasteiger partial charge < -0.3 is 10.2 Å². The number of sulfonamides is 1. The van der Waals surface area contributed by atoms with Crippen LogP contribution < -0.4 is 9.62 Å². The van der Waals surface area contributed by atoms with E-state index in [0.29, 0.717) is 10.8 Å². The zero-order valence-electron chi connectivity index (χ0n) is 23.1. The summed E-state index contributed by atoms with van der Waals surface area (Å²) in [4.78, 5) is 28.9. The normalized spacial score (nSPS) is 12.2. The van der Waals surface area contributed by atoms with Gasteiger partial charge in [-0.1, -0.05) is 74.0 Å². The van der Waals surface area contributed by atoms with E-state index >= 15 is 0 Å². The van der Waals surface area contributed by atoms with Crippen molar-refractivity contribution >= 4 is 27.5 Å². The molecule has 3 aromatic carbocycles. The molecule has 0 spiro atoms. The Morgan fingerprint density at radius 2 is 1.57 bits per heavy atom. The van der Waals surface area contributed by atoms with Crippen molar-refractivity contribution in [2.75, 3.05) is 23.7 Å². The Labute approximate surface area is 234 Å². The van der Waals surface area contributed by atoms with Crippen molar-refractivity contribution in [3.8, 4) is 0 Å². The lowest BCUT2D eigenvalue weighted by molar-refractivity contribution is -0.140. The van der Waals surface area contributed by atoms with Crippen LogP contribution in [0.4, 0.5) is 14.5 Å². The number of carbonyl (C=O) groups excluding carboxylic acids is 2. The van der Waals surface area contributed by atoms with E-state index in [2.05, 4.69) is 5.32 Å². The van der Waals surface area contributed by atoms with Gasteiger partial charge in [0, 0.05) is 25.6 Å². The molecule has 0 aliphatic carbocycles. The molecule has 0 unspecified atom stereocenters. The third kappa shape index (κ3) is 8.61. The standard InChI is InChI=1S/C30H35F2N3O4S/c1-21(2)18-33-30(37)28(16-23-10-6-5-7-11-23)34(19-24-12-8-9-22(3)15-24)29(36)20-35(40(4,38)39)25-13-14-26(31)27(32)17-25/h5-15,17,21,28H,16,18-20H2,1-4H3,(H,33,37)/t28-/m0/s1. The average molecular weight is 572 g/mol. The minimum Gasteiger partial charge on any atom is -0.354 e. The minimum atomic E-state index is -4.09. The summed E-state index contributed by atoms with van der Waals surface area (Å²) in [5.74, 6) is -3.27. The molecule has 3 aromatic rings. The van der Waals surface area contributed by atoms with Crippen molar-refractivity contribution in [2.45, 2.75) is 39.8 Å². The summed E-state index contributed by atoms with van der Waals surface area (Å²) in [7, 11) is -4.09. The van der Waals surface area contributed by atoms with Crippen LogP contribution in [0.3, 0.4) is 0 Å². The lowest BCUT2D eigenvalue weighted by Gasteiger charge is -2.33. The van der Waals surface area contributed by atoms with Crippen LogP contribution >= 0.6 is 0 Å². The largest absolute Gasteiger partial charge is 0.354 e. The van der Waals surface area contributed by atoms with Crippen molar-refractivity contribution < 1.29 is 26.8 Å². The quantitative estimate of drug-likeness (QED) is 0.348. The first-order valence-electron chi connectivity index (χ1n) is 12.9. The molecule has 10 heteroatoms. The smallest absolute Gasteiger partial charge is 0.244 e. The molecule has 1 atom stereocenters. The molecule has 214 valence electrons. The lowest BCUT2D eigenvalue weighted by Crippen LogP contribution is -2.53. The number of nitrogens with one attached hydrogen (secondary N) is 1. The molecule has 1 N–H and O–H groups in total. The highest BCUT2D eigenvalue weighted by atomic mass is 32.2. The number of amides is 2. The maximum Gasteiger partial charge on any atom is 0.244 e. The molecule has 3 rings (SSSR count). The number of anilines is 1. The molecule has 0 saturated carbocycles. The van der Waals surface area contributed by atoms with Gasteiger partial charge in [-0.05, 0) is 36.1 Å². The van der Waals surface area contributed by atoms with Gasteiger partial charge in [0.25, 0.3) is 0 Å². The second-order valence-corrected chi connectivity index (χ2v) is 12.1. The van der Waals surface area contributed by atoms with Crippen molar-refractivity contribution in [1.29, 1.82) is 0 Å². The molecule has 0 aliphatic rings. The summed E-state index contributed by atoms with van der Waals surface area (Å²) in [5, 5.41) is 2.91. The van der Waals surface area contributed by atoms with Gasteiger partial charge in [-0.3, -0.25) is 13.9 Å². The van der Waals surface area contributed by atoms with Crippen molar-refractivity contribution in [3.63, 3.8) is 0 Å². The van der Waals surface area contributed by atoms with Gasteiger partial charge in [0.1, 0.15) is 12.6 Å². The van der Waals surface area contributed by atoms with E-state index in [1.807, 2.05) is 75.4 Å². The summed E-state index contributed by atoms with van der Waals surface area (Å²) in [6.07, 6.45) is 1.07. The third-order valence-corrected chi connectivity index (χ3v) is 7.40. The molecule has 0 bridgehead atoms. The molecular formula is C30H35F2N3O4S. The van der Waals surface area contributed by atoms with E-state index in [4.69, 9.17) is 0 Å². The van der Waals surface area contributed by atoms with E-state index < -0.39 is 40.2 Å². The SMILES string of the molecule is Cc1cccc(CN(C(=O)CN(c2ccc(F)c(F)c2)S(C)(=O)=O)[C@@H](Cc2ccccc2)C(=O)NCC(C)C)c1. The summed E-state index contributed by atoms with van der Waals surface area (Å²) >= 11 is 0. The Balaban J connectivity index is 2.06. The fraction of sp³-hybridized carbons (Fsp3) is 0.333. The van der Waals surface area contributed by atoms with E-state index in [-0.39, 0.29) is 30.5 Å². The topological polar surface area (TPSA) is 86.8 Å². The first kappa shape index (κ1) is 30.7. The zero-order chi connectivity index (χ0) is 29.4.